The minimum absolute atomic E-state index is 0.163. The highest BCUT2D eigenvalue weighted by atomic mass is 35.5. The third-order valence-corrected chi connectivity index (χ3v) is 5.80. The number of para-hydroxylation sites is 1. The second-order valence-electron chi connectivity index (χ2n) is 7.15. The second-order valence-corrected chi connectivity index (χ2v) is 8.58. The highest BCUT2D eigenvalue weighted by Gasteiger charge is 2.36. The molecule has 1 saturated heterocycles. The van der Waals surface area contributed by atoms with E-state index in [1.165, 1.54) is 12.1 Å². The van der Waals surface area contributed by atoms with Gasteiger partial charge in [0.25, 0.3) is 11.1 Å². The normalized spacial score (nSPS) is 14.4. The molecule has 0 saturated carbocycles. The number of imide groups is 1. The number of hydrogen-bond donors (Lipinski definition) is 1. The Morgan fingerprint density at radius 2 is 1.74 bits per heavy atom. The van der Waals surface area contributed by atoms with Gasteiger partial charge in [-0.2, -0.15) is 0 Å². The van der Waals surface area contributed by atoms with Crippen LogP contribution in [0.2, 0.25) is 5.02 Å². The number of hydrogen-bond acceptors (Lipinski definition) is 6. The number of amides is 3. The lowest BCUT2D eigenvalue weighted by Crippen LogP contribution is -2.36. The van der Waals surface area contributed by atoms with Gasteiger partial charge in [-0.1, -0.05) is 48.0 Å². The van der Waals surface area contributed by atoms with Crippen molar-refractivity contribution in [1.29, 1.82) is 0 Å². The third-order valence-electron chi connectivity index (χ3n) is 4.66. The van der Waals surface area contributed by atoms with Crippen LogP contribution in [0.15, 0.2) is 83.8 Å². The number of halogens is 1. The van der Waals surface area contributed by atoms with E-state index in [1.807, 2.05) is 6.07 Å². The molecule has 3 aromatic carbocycles. The first kappa shape index (κ1) is 23.3. The molecule has 0 atom stereocenters. The van der Waals surface area contributed by atoms with Gasteiger partial charge in [0, 0.05) is 10.7 Å². The number of anilines is 1. The molecule has 1 heterocycles. The molecule has 34 heavy (non-hydrogen) atoms. The summed E-state index contributed by atoms with van der Waals surface area (Å²) >= 11 is 6.65. The summed E-state index contributed by atoms with van der Waals surface area (Å²) in [6.07, 6.45) is 1.51. The van der Waals surface area contributed by atoms with E-state index in [4.69, 9.17) is 16.3 Å². The van der Waals surface area contributed by atoms with Gasteiger partial charge in [-0.25, -0.2) is 4.79 Å². The van der Waals surface area contributed by atoms with Gasteiger partial charge in [-0.15, -0.1) is 0 Å². The molecule has 7 nitrogen and oxygen atoms in total. The summed E-state index contributed by atoms with van der Waals surface area (Å²) in [5.74, 6) is -1.37. The standard InChI is InChI=1S/C25H17ClN2O5S/c26-18-8-5-7-17(14-18)24(31)33-20-11-4-6-16(12-20)13-21-23(30)28(25(32)34-21)15-22(29)27-19-9-2-1-3-10-19/h1-14H,15H2,(H,27,29)/b21-13-. The molecule has 9 heteroatoms. The number of carbonyl (C=O) groups is 4. The van der Waals surface area contributed by atoms with Crippen LogP contribution >= 0.6 is 23.4 Å². The van der Waals surface area contributed by atoms with Crippen molar-refractivity contribution in [1.82, 2.24) is 4.90 Å². The van der Waals surface area contributed by atoms with Crippen molar-refractivity contribution in [3.05, 3.63) is 99.9 Å². The van der Waals surface area contributed by atoms with Crippen LogP contribution in [0, 0.1) is 0 Å². The first-order chi connectivity index (χ1) is 16.4. The Labute approximate surface area is 204 Å². The van der Waals surface area contributed by atoms with E-state index in [-0.39, 0.29) is 10.7 Å². The van der Waals surface area contributed by atoms with Crippen LogP contribution in [0.25, 0.3) is 6.08 Å². The van der Waals surface area contributed by atoms with Crippen molar-refractivity contribution in [2.45, 2.75) is 0 Å². The maximum absolute atomic E-state index is 12.7. The Bertz CT molecular complexity index is 1310. The number of nitrogens with zero attached hydrogens (tertiary/aromatic N) is 1. The van der Waals surface area contributed by atoms with Crippen LogP contribution in [0.1, 0.15) is 15.9 Å². The van der Waals surface area contributed by atoms with Gasteiger partial charge in [0.2, 0.25) is 5.91 Å². The predicted molar refractivity (Wildman–Crippen MR) is 131 cm³/mol. The van der Waals surface area contributed by atoms with Crippen molar-refractivity contribution >= 4 is 58.1 Å². The average Bonchev–Trinajstić information content (AvgIpc) is 3.07. The highest BCUT2D eigenvalue weighted by Crippen LogP contribution is 2.32. The number of rotatable bonds is 6. The molecule has 0 aromatic heterocycles. The molecule has 0 spiro atoms. The first-order valence-corrected chi connectivity index (χ1v) is 11.3. The largest absolute Gasteiger partial charge is 0.423 e. The fourth-order valence-corrected chi connectivity index (χ4v) is 4.13. The summed E-state index contributed by atoms with van der Waals surface area (Å²) in [5, 5.41) is 2.52. The zero-order valence-corrected chi connectivity index (χ0v) is 19.1. The summed E-state index contributed by atoms with van der Waals surface area (Å²) in [6.45, 7) is -0.395. The lowest BCUT2D eigenvalue weighted by molar-refractivity contribution is -0.127. The smallest absolute Gasteiger partial charge is 0.343 e. The molecule has 1 fully saturated rings. The number of ether oxygens (including phenoxy) is 1. The van der Waals surface area contributed by atoms with Gasteiger partial charge in [-0.3, -0.25) is 19.3 Å². The molecule has 1 aliphatic heterocycles. The van der Waals surface area contributed by atoms with Crippen molar-refractivity contribution in [2.75, 3.05) is 11.9 Å². The molecular weight excluding hydrogens is 476 g/mol. The number of esters is 1. The Morgan fingerprint density at radius 1 is 0.971 bits per heavy atom. The summed E-state index contributed by atoms with van der Waals surface area (Å²) in [4.78, 5) is 50.7. The molecule has 0 aliphatic carbocycles. The van der Waals surface area contributed by atoms with E-state index >= 15 is 0 Å². The van der Waals surface area contributed by atoms with E-state index in [0.29, 0.717) is 21.8 Å². The fraction of sp³-hybridized carbons (Fsp3) is 0.0400. The Morgan fingerprint density at radius 3 is 2.50 bits per heavy atom. The number of benzene rings is 3. The van der Waals surface area contributed by atoms with E-state index < -0.39 is 29.6 Å². The maximum Gasteiger partial charge on any atom is 0.343 e. The summed E-state index contributed by atoms with van der Waals surface area (Å²) in [7, 11) is 0. The van der Waals surface area contributed by atoms with Gasteiger partial charge in [0.05, 0.1) is 10.5 Å². The summed E-state index contributed by atoms with van der Waals surface area (Å²) < 4.78 is 5.39. The van der Waals surface area contributed by atoms with Crippen LogP contribution in [0.3, 0.4) is 0 Å². The Kier molecular flexibility index (Phi) is 7.10. The average molecular weight is 493 g/mol. The molecular formula is C25H17ClN2O5S. The van der Waals surface area contributed by atoms with Gasteiger partial charge in [0.15, 0.2) is 0 Å². The minimum Gasteiger partial charge on any atom is -0.423 e. The molecule has 170 valence electrons. The molecule has 1 aliphatic rings. The monoisotopic (exact) mass is 492 g/mol. The van der Waals surface area contributed by atoms with Crippen LogP contribution in [-0.2, 0) is 9.59 Å². The van der Waals surface area contributed by atoms with Crippen molar-refractivity contribution < 1.29 is 23.9 Å². The van der Waals surface area contributed by atoms with E-state index in [1.54, 1.807) is 66.7 Å². The molecule has 0 bridgehead atoms. The summed E-state index contributed by atoms with van der Waals surface area (Å²) in [5.41, 5.74) is 1.42. The number of thioether (sulfide) groups is 1. The minimum atomic E-state index is -0.579. The van der Waals surface area contributed by atoms with Crippen molar-refractivity contribution in [3.8, 4) is 5.75 Å². The molecule has 3 aromatic rings. The van der Waals surface area contributed by atoms with Gasteiger partial charge >= 0.3 is 5.97 Å². The number of carbonyl (C=O) groups excluding carboxylic acids is 4. The van der Waals surface area contributed by atoms with Gasteiger partial charge in [0.1, 0.15) is 12.3 Å². The topological polar surface area (TPSA) is 92.8 Å². The quantitative estimate of drug-likeness (QED) is 0.287. The van der Waals surface area contributed by atoms with E-state index in [2.05, 4.69) is 5.32 Å². The maximum atomic E-state index is 12.7. The first-order valence-electron chi connectivity index (χ1n) is 10.1. The molecule has 4 rings (SSSR count). The Balaban J connectivity index is 1.43. The van der Waals surface area contributed by atoms with E-state index in [0.717, 1.165) is 16.7 Å². The highest BCUT2D eigenvalue weighted by molar-refractivity contribution is 8.18. The SMILES string of the molecule is O=C(CN1C(=O)S/C(=C\c2cccc(OC(=O)c3cccc(Cl)c3)c2)C1=O)Nc1ccccc1. The summed E-state index contributed by atoms with van der Waals surface area (Å²) in [6, 6.07) is 21.6. The van der Waals surface area contributed by atoms with E-state index in [9.17, 15) is 19.2 Å². The van der Waals surface area contributed by atoms with Crippen LogP contribution in [0.4, 0.5) is 10.5 Å². The number of nitrogens with one attached hydrogen (secondary N) is 1. The van der Waals surface area contributed by atoms with Crippen LogP contribution < -0.4 is 10.1 Å². The van der Waals surface area contributed by atoms with Crippen molar-refractivity contribution in [3.63, 3.8) is 0 Å². The van der Waals surface area contributed by atoms with Crippen LogP contribution in [0.5, 0.6) is 5.75 Å². The fourth-order valence-electron chi connectivity index (χ4n) is 3.10. The molecule has 0 unspecified atom stereocenters. The van der Waals surface area contributed by atoms with Crippen molar-refractivity contribution in [2.24, 2.45) is 0 Å². The second kappa shape index (κ2) is 10.4. The van der Waals surface area contributed by atoms with Crippen LogP contribution in [-0.4, -0.2) is 34.5 Å². The van der Waals surface area contributed by atoms with Gasteiger partial charge < -0.3 is 10.1 Å². The Hall–Kier alpha value is -3.88. The zero-order chi connectivity index (χ0) is 24.1. The molecule has 0 radical (unpaired) electrons. The third kappa shape index (κ3) is 5.72. The van der Waals surface area contributed by atoms with Gasteiger partial charge in [-0.05, 0) is 65.9 Å². The lowest BCUT2D eigenvalue weighted by atomic mass is 10.2. The predicted octanol–water partition coefficient (Wildman–Crippen LogP) is 5.23. The zero-order valence-electron chi connectivity index (χ0n) is 17.6. The lowest BCUT2D eigenvalue weighted by Gasteiger charge is -2.12. The molecule has 1 N–H and O–H groups in total. The molecule has 3 amide bonds.